The predicted molar refractivity (Wildman–Crippen MR) is 116 cm³/mol. The van der Waals surface area contributed by atoms with E-state index in [1.165, 1.54) is 17.3 Å². The average molecular weight is 412 g/mol. The number of hydrogen-bond acceptors (Lipinski definition) is 4. The van der Waals surface area contributed by atoms with E-state index >= 15 is 0 Å². The van der Waals surface area contributed by atoms with Gasteiger partial charge in [-0.2, -0.15) is 0 Å². The number of halogens is 1. The van der Waals surface area contributed by atoms with E-state index in [1.807, 2.05) is 53.1 Å². The van der Waals surface area contributed by atoms with Gasteiger partial charge in [-0.15, -0.1) is 16.8 Å². The zero-order valence-electron chi connectivity index (χ0n) is 15.9. The molecule has 0 spiro atoms. The van der Waals surface area contributed by atoms with E-state index in [9.17, 15) is 4.79 Å². The largest absolute Gasteiger partial charge is 0.298 e. The van der Waals surface area contributed by atoms with Crippen LogP contribution in [0.2, 0.25) is 5.02 Å². The Kier molecular flexibility index (Phi) is 6.70. The Morgan fingerprint density at radius 2 is 1.82 bits per heavy atom. The fraction of sp³-hybridized carbons (Fsp3) is 0.227. The third-order valence-electron chi connectivity index (χ3n) is 4.36. The fourth-order valence-corrected chi connectivity index (χ4v) is 3.74. The maximum atomic E-state index is 12.6. The smallest absolute Gasteiger partial charge is 0.192 e. The third kappa shape index (κ3) is 4.72. The molecule has 0 radical (unpaired) electrons. The standard InChI is InChI=1S/C22H22ClN3OS/c1-4-13-26-21(18-9-11-19(23)12-10-18)24-25-22(26)28-14-20(27)17-7-5-16(6-8-17)15(2)3/h4-12,15H,1,13-14H2,2-3H3. The van der Waals surface area contributed by atoms with Crippen molar-refractivity contribution < 1.29 is 4.79 Å². The molecule has 0 N–H and O–H groups in total. The Labute approximate surface area is 174 Å². The van der Waals surface area contributed by atoms with Crippen molar-refractivity contribution in [3.63, 3.8) is 0 Å². The molecular weight excluding hydrogens is 390 g/mol. The molecule has 0 fully saturated rings. The maximum absolute atomic E-state index is 12.6. The number of hydrogen-bond donors (Lipinski definition) is 0. The minimum atomic E-state index is 0.0708. The van der Waals surface area contributed by atoms with Gasteiger partial charge >= 0.3 is 0 Å². The van der Waals surface area contributed by atoms with Crippen LogP contribution in [0.1, 0.15) is 35.7 Å². The first-order valence-electron chi connectivity index (χ1n) is 9.05. The average Bonchev–Trinajstić information content (AvgIpc) is 3.09. The summed E-state index contributed by atoms with van der Waals surface area (Å²) >= 11 is 7.36. The lowest BCUT2D eigenvalue weighted by Crippen LogP contribution is -2.05. The summed E-state index contributed by atoms with van der Waals surface area (Å²) in [5.41, 5.74) is 2.85. The van der Waals surface area contributed by atoms with Gasteiger partial charge in [0.15, 0.2) is 16.8 Å². The summed E-state index contributed by atoms with van der Waals surface area (Å²) < 4.78 is 1.95. The van der Waals surface area contributed by atoms with Crippen LogP contribution in [0.15, 0.2) is 66.3 Å². The molecule has 3 aromatic rings. The lowest BCUT2D eigenvalue weighted by Gasteiger charge is -2.08. The molecular formula is C22H22ClN3OS. The van der Waals surface area contributed by atoms with Crippen LogP contribution in [0.25, 0.3) is 11.4 Å². The molecule has 28 heavy (non-hydrogen) atoms. The number of carbonyl (C=O) groups excluding carboxylic acids is 1. The van der Waals surface area contributed by atoms with Gasteiger partial charge in [-0.05, 0) is 35.7 Å². The highest BCUT2D eigenvalue weighted by atomic mass is 35.5. The molecule has 4 nitrogen and oxygen atoms in total. The summed E-state index contributed by atoms with van der Waals surface area (Å²) in [7, 11) is 0. The van der Waals surface area contributed by atoms with Crippen LogP contribution >= 0.6 is 23.4 Å². The zero-order valence-corrected chi connectivity index (χ0v) is 17.5. The van der Waals surface area contributed by atoms with Crippen molar-refractivity contribution in [3.05, 3.63) is 77.3 Å². The van der Waals surface area contributed by atoms with E-state index in [0.29, 0.717) is 34.0 Å². The number of carbonyl (C=O) groups is 1. The summed E-state index contributed by atoms with van der Waals surface area (Å²) in [6.07, 6.45) is 1.79. The molecule has 0 saturated heterocycles. The highest BCUT2D eigenvalue weighted by Gasteiger charge is 2.16. The van der Waals surface area contributed by atoms with E-state index < -0.39 is 0 Å². The van der Waals surface area contributed by atoms with Crippen LogP contribution in [-0.2, 0) is 6.54 Å². The molecule has 1 heterocycles. The van der Waals surface area contributed by atoms with Crippen LogP contribution in [0.3, 0.4) is 0 Å². The molecule has 3 rings (SSSR count). The topological polar surface area (TPSA) is 47.8 Å². The van der Waals surface area contributed by atoms with Crippen LogP contribution in [-0.4, -0.2) is 26.3 Å². The van der Waals surface area contributed by atoms with Gasteiger partial charge in [0.05, 0.1) is 5.75 Å². The van der Waals surface area contributed by atoms with Crippen molar-refractivity contribution in [2.75, 3.05) is 5.75 Å². The molecule has 0 aliphatic heterocycles. The molecule has 0 aliphatic rings. The van der Waals surface area contributed by atoms with Gasteiger partial charge in [0.2, 0.25) is 0 Å². The lowest BCUT2D eigenvalue weighted by molar-refractivity contribution is 0.102. The monoisotopic (exact) mass is 411 g/mol. The Hall–Kier alpha value is -2.37. The Bertz CT molecular complexity index is 962. The summed E-state index contributed by atoms with van der Waals surface area (Å²) in [5, 5.41) is 9.95. The van der Waals surface area contributed by atoms with Gasteiger partial charge in [-0.1, -0.05) is 67.6 Å². The Morgan fingerprint density at radius 1 is 1.14 bits per heavy atom. The van der Waals surface area contributed by atoms with E-state index in [4.69, 9.17) is 11.6 Å². The number of ketones is 1. The molecule has 1 aromatic heterocycles. The second-order valence-electron chi connectivity index (χ2n) is 6.70. The summed E-state index contributed by atoms with van der Waals surface area (Å²) in [5.74, 6) is 1.55. The van der Waals surface area contributed by atoms with E-state index in [2.05, 4.69) is 30.6 Å². The molecule has 2 aromatic carbocycles. The minimum absolute atomic E-state index is 0.0708. The van der Waals surface area contributed by atoms with Crippen molar-refractivity contribution >= 4 is 29.1 Å². The summed E-state index contributed by atoms with van der Waals surface area (Å²) in [6.45, 7) is 8.65. The van der Waals surface area contributed by atoms with Gasteiger partial charge < -0.3 is 0 Å². The number of rotatable bonds is 8. The Morgan fingerprint density at radius 3 is 2.43 bits per heavy atom. The van der Waals surface area contributed by atoms with Crippen LogP contribution < -0.4 is 0 Å². The van der Waals surface area contributed by atoms with E-state index in [-0.39, 0.29) is 5.78 Å². The first-order valence-corrected chi connectivity index (χ1v) is 10.4. The van der Waals surface area contributed by atoms with Crippen molar-refractivity contribution in [2.24, 2.45) is 0 Å². The van der Waals surface area contributed by atoms with Gasteiger partial charge in [0, 0.05) is 22.7 Å². The molecule has 144 valence electrons. The lowest BCUT2D eigenvalue weighted by atomic mass is 10.0. The molecule has 0 atom stereocenters. The second-order valence-corrected chi connectivity index (χ2v) is 8.08. The zero-order chi connectivity index (χ0) is 20.1. The highest BCUT2D eigenvalue weighted by molar-refractivity contribution is 7.99. The molecule has 0 bridgehead atoms. The third-order valence-corrected chi connectivity index (χ3v) is 5.58. The van der Waals surface area contributed by atoms with Crippen LogP contribution in [0, 0.1) is 0 Å². The van der Waals surface area contributed by atoms with Crippen LogP contribution in [0.4, 0.5) is 0 Å². The van der Waals surface area contributed by atoms with Gasteiger partial charge in [0.1, 0.15) is 0 Å². The minimum Gasteiger partial charge on any atom is -0.298 e. The quantitative estimate of drug-likeness (QED) is 0.263. The van der Waals surface area contributed by atoms with Crippen molar-refractivity contribution in [2.45, 2.75) is 31.5 Å². The van der Waals surface area contributed by atoms with E-state index in [1.54, 1.807) is 6.08 Å². The van der Waals surface area contributed by atoms with Crippen molar-refractivity contribution in [3.8, 4) is 11.4 Å². The van der Waals surface area contributed by atoms with Gasteiger partial charge in [-0.25, -0.2) is 0 Å². The van der Waals surface area contributed by atoms with Crippen LogP contribution in [0.5, 0.6) is 0 Å². The number of allylic oxidation sites excluding steroid dienone is 1. The van der Waals surface area contributed by atoms with E-state index in [0.717, 1.165) is 11.4 Å². The first kappa shape index (κ1) is 20.4. The summed E-state index contributed by atoms with van der Waals surface area (Å²) in [6, 6.07) is 15.3. The normalized spacial score (nSPS) is 11.0. The molecule has 6 heteroatoms. The van der Waals surface area contributed by atoms with Crippen molar-refractivity contribution in [1.82, 2.24) is 14.8 Å². The SMILES string of the molecule is C=CCn1c(SCC(=O)c2ccc(C(C)C)cc2)nnc1-c1ccc(Cl)cc1. The fourth-order valence-electron chi connectivity index (χ4n) is 2.77. The second kappa shape index (κ2) is 9.22. The molecule has 0 unspecified atom stereocenters. The number of thioether (sulfide) groups is 1. The highest BCUT2D eigenvalue weighted by Crippen LogP contribution is 2.26. The van der Waals surface area contributed by atoms with Crippen molar-refractivity contribution in [1.29, 1.82) is 0 Å². The number of aromatic nitrogens is 3. The number of benzene rings is 2. The van der Waals surface area contributed by atoms with Gasteiger partial charge in [0.25, 0.3) is 0 Å². The molecule has 0 aliphatic carbocycles. The number of nitrogens with zero attached hydrogens (tertiary/aromatic N) is 3. The number of Topliss-reactive ketones (excluding diaryl/α,β-unsaturated/α-hetero) is 1. The first-order chi connectivity index (χ1) is 13.5. The van der Waals surface area contributed by atoms with Gasteiger partial charge in [-0.3, -0.25) is 9.36 Å². The molecule has 0 saturated carbocycles. The summed E-state index contributed by atoms with van der Waals surface area (Å²) in [4.78, 5) is 12.6. The predicted octanol–water partition coefficient (Wildman–Crippen LogP) is 5.88. The molecule has 0 amide bonds. The maximum Gasteiger partial charge on any atom is 0.192 e. The Balaban J connectivity index is 1.75.